The number of nitrogens with two attached hydrogens (primary N) is 1. The number of carbonyl (C=O) groups excluding carboxylic acids is 2. The van der Waals surface area contributed by atoms with Crippen LogP contribution in [0.15, 0.2) is 30.5 Å². The van der Waals surface area contributed by atoms with Gasteiger partial charge in [0, 0.05) is 30.2 Å². The summed E-state index contributed by atoms with van der Waals surface area (Å²) < 4.78 is 7.29. The number of fused-ring (bicyclic) bond motifs is 1. The van der Waals surface area contributed by atoms with Crippen LogP contribution in [0.1, 0.15) is 32.8 Å². The molecule has 0 aliphatic rings. The van der Waals surface area contributed by atoms with Crippen molar-refractivity contribution in [3.63, 3.8) is 0 Å². The molecule has 3 N–H and O–H groups in total. The van der Waals surface area contributed by atoms with Crippen molar-refractivity contribution in [3.8, 4) is 0 Å². The molecule has 1 aromatic carbocycles. The summed E-state index contributed by atoms with van der Waals surface area (Å²) >= 11 is 0. The molecule has 0 radical (unpaired) electrons. The van der Waals surface area contributed by atoms with Gasteiger partial charge in [-0.3, -0.25) is 4.79 Å². The Morgan fingerprint density at radius 1 is 1.25 bits per heavy atom. The van der Waals surface area contributed by atoms with E-state index in [0.29, 0.717) is 6.54 Å². The molecule has 0 fully saturated rings. The second-order valence-corrected chi connectivity index (χ2v) is 6.79. The summed E-state index contributed by atoms with van der Waals surface area (Å²) in [6, 6.07) is 7.91. The smallest absolute Gasteiger partial charge is 0.407 e. The van der Waals surface area contributed by atoms with Crippen molar-refractivity contribution in [1.82, 2.24) is 9.88 Å². The van der Waals surface area contributed by atoms with Crippen LogP contribution in [0.25, 0.3) is 10.9 Å². The molecule has 130 valence electrons. The van der Waals surface area contributed by atoms with Crippen LogP contribution in [0.4, 0.5) is 4.79 Å². The maximum atomic E-state index is 11.6. The molecule has 6 nitrogen and oxygen atoms in total. The van der Waals surface area contributed by atoms with Gasteiger partial charge in [-0.25, -0.2) is 4.79 Å². The fourth-order valence-electron chi connectivity index (χ4n) is 2.59. The maximum absolute atomic E-state index is 11.6. The number of benzene rings is 1. The first-order valence-corrected chi connectivity index (χ1v) is 8.08. The van der Waals surface area contributed by atoms with E-state index in [0.717, 1.165) is 29.4 Å². The third-order valence-corrected chi connectivity index (χ3v) is 3.48. The first-order chi connectivity index (χ1) is 11.3. The minimum atomic E-state index is -0.496. The lowest BCUT2D eigenvalue weighted by molar-refractivity contribution is -0.117. The lowest BCUT2D eigenvalue weighted by Crippen LogP contribution is -2.33. The van der Waals surface area contributed by atoms with E-state index < -0.39 is 11.7 Å². The van der Waals surface area contributed by atoms with Gasteiger partial charge in [0.2, 0.25) is 5.91 Å². The number of aryl methyl sites for hydroxylation is 1. The van der Waals surface area contributed by atoms with Crippen molar-refractivity contribution in [2.45, 2.75) is 45.8 Å². The Morgan fingerprint density at radius 3 is 2.62 bits per heavy atom. The number of aromatic nitrogens is 1. The molecule has 1 heterocycles. The number of para-hydroxylation sites is 1. The quantitative estimate of drug-likeness (QED) is 0.798. The Balaban J connectivity index is 1.96. The summed E-state index contributed by atoms with van der Waals surface area (Å²) in [6.45, 7) is 6.75. The minimum absolute atomic E-state index is 0.226. The van der Waals surface area contributed by atoms with Crippen LogP contribution in [0.2, 0.25) is 0 Å². The standard InChI is InChI=1S/C18H25N3O3/c1-18(2,3)24-17(23)20-9-6-10-21-12-13(11-16(19)22)14-7-4-5-8-15(14)21/h4-5,7-8,12H,6,9-11H2,1-3H3,(H2,19,22)(H,20,23). The predicted octanol–water partition coefficient (Wildman–Crippen LogP) is 2.58. The predicted molar refractivity (Wildman–Crippen MR) is 93.7 cm³/mol. The van der Waals surface area contributed by atoms with E-state index in [2.05, 4.69) is 9.88 Å². The van der Waals surface area contributed by atoms with Gasteiger partial charge in [-0.15, -0.1) is 0 Å². The summed E-state index contributed by atoms with van der Waals surface area (Å²) in [4.78, 5) is 22.8. The Morgan fingerprint density at radius 2 is 1.96 bits per heavy atom. The van der Waals surface area contributed by atoms with Gasteiger partial charge < -0.3 is 20.4 Å². The number of amides is 2. The Hall–Kier alpha value is -2.50. The lowest BCUT2D eigenvalue weighted by atomic mass is 10.1. The van der Waals surface area contributed by atoms with Crippen LogP contribution >= 0.6 is 0 Å². The van der Waals surface area contributed by atoms with Gasteiger partial charge in [-0.05, 0) is 38.8 Å². The van der Waals surface area contributed by atoms with Crippen LogP contribution in [-0.2, 0) is 22.5 Å². The lowest BCUT2D eigenvalue weighted by Gasteiger charge is -2.19. The summed E-state index contributed by atoms with van der Waals surface area (Å²) in [5.74, 6) is -0.343. The van der Waals surface area contributed by atoms with Gasteiger partial charge >= 0.3 is 6.09 Å². The van der Waals surface area contributed by atoms with Gasteiger partial charge in [-0.2, -0.15) is 0 Å². The first kappa shape index (κ1) is 17.8. The van der Waals surface area contributed by atoms with E-state index in [1.165, 1.54) is 0 Å². The third-order valence-electron chi connectivity index (χ3n) is 3.48. The molecule has 2 rings (SSSR count). The first-order valence-electron chi connectivity index (χ1n) is 8.08. The third kappa shape index (κ3) is 5.01. The summed E-state index contributed by atoms with van der Waals surface area (Å²) in [6.07, 6.45) is 2.54. The number of hydrogen-bond acceptors (Lipinski definition) is 3. The topological polar surface area (TPSA) is 86.3 Å². The number of ether oxygens (including phenoxy) is 1. The second-order valence-electron chi connectivity index (χ2n) is 6.79. The molecule has 0 saturated carbocycles. The minimum Gasteiger partial charge on any atom is -0.444 e. The molecular weight excluding hydrogens is 306 g/mol. The number of primary amides is 1. The van der Waals surface area contributed by atoms with Crippen molar-refractivity contribution in [2.75, 3.05) is 6.54 Å². The zero-order valence-corrected chi connectivity index (χ0v) is 14.5. The average molecular weight is 331 g/mol. The highest BCUT2D eigenvalue weighted by Crippen LogP contribution is 2.22. The maximum Gasteiger partial charge on any atom is 0.407 e. The monoisotopic (exact) mass is 331 g/mol. The summed E-state index contributed by atoms with van der Waals surface area (Å²) in [7, 11) is 0. The second kappa shape index (κ2) is 7.38. The van der Waals surface area contributed by atoms with Gasteiger partial charge in [-0.1, -0.05) is 18.2 Å². The number of hydrogen-bond donors (Lipinski definition) is 2. The van der Waals surface area contributed by atoms with Crippen molar-refractivity contribution in [2.24, 2.45) is 5.73 Å². The average Bonchev–Trinajstić information content (AvgIpc) is 2.80. The molecule has 0 aliphatic heterocycles. The Bertz CT molecular complexity index is 729. The molecule has 1 aromatic heterocycles. The highest BCUT2D eigenvalue weighted by molar-refractivity contribution is 5.88. The van der Waals surface area contributed by atoms with Gasteiger partial charge in [0.1, 0.15) is 5.60 Å². The van der Waals surface area contributed by atoms with E-state index in [9.17, 15) is 9.59 Å². The van der Waals surface area contributed by atoms with Crippen molar-refractivity contribution >= 4 is 22.9 Å². The van der Waals surface area contributed by atoms with Crippen molar-refractivity contribution in [3.05, 3.63) is 36.0 Å². The summed E-state index contributed by atoms with van der Waals surface area (Å²) in [5, 5.41) is 3.79. The fraction of sp³-hybridized carbons (Fsp3) is 0.444. The molecule has 6 heteroatoms. The highest BCUT2D eigenvalue weighted by atomic mass is 16.6. The van der Waals surface area contributed by atoms with E-state index in [1.54, 1.807) is 0 Å². The largest absolute Gasteiger partial charge is 0.444 e. The van der Waals surface area contributed by atoms with Crippen LogP contribution in [0.3, 0.4) is 0 Å². The van der Waals surface area contributed by atoms with E-state index in [1.807, 2.05) is 51.2 Å². The SMILES string of the molecule is CC(C)(C)OC(=O)NCCCn1cc(CC(N)=O)c2ccccc21. The van der Waals surface area contributed by atoms with Gasteiger partial charge in [0.05, 0.1) is 6.42 Å². The van der Waals surface area contributed by atoms with Gasteiger partial charge in [0.25, 0.3) is 0 Å². The molecule has 0 atom stereocenters. The van der Waals surface area contributed by atoms with Crippen molar-refractivity contribution < 1.29 is 14.3 Å². The van der Waals surface area contributed by atoms with Crippen LogP contribution in [0, 0.1) is 0 Å². The van der Waals surface area contributed by atoms with Crippen molar-refractivity contribution in [1.29, 1.82) is 0 Å². The highest BCUT2D eigenvalue weighted by Gasteiger charge is 2.15. The molecule has 0 saturated heterocycles. The number of carbonyl (C=O) groups is 2. The Kier molecular flexibility index (Phi) is 5.49. The Labute approximate surface area is 142 Å². The van der Waals surface area contributed by atoms with Gasteiger partial charge in [0.15, 0.2) is 0 Å². The van der Waals surface area contributed by atoms with E-state index in [-0.39, 0.29) is 12.3 Å². The van der Waals surface area contributed by atoms with Crippen LogP contribution < -0.4 is 11.1 Å². The molecule has 24 heavy (non-hydrogen) atoms. The molecule has 0 unspecified atom stereocenters. The fourth-order valence-corrected chi connectivity index (χ4v) is 2.59. The molecule has 0 bridgehead atoms. The molecule has 2 amide bonds. The molecule has 2 aromatic rings. The number of nitrogens with zero attached hydrogens (tertiary/aromatic N) is 1. The molecule has 0 aliphatic carbocycles. The zero-order valence-electron chi connectivity index (χ0n) is 14.5. The number of rotatable bonds is 6. The number of nitrogens with one attached hydrogen (secondary N) is 1. The normalized spacial score (nSPS) is 11.5. The molecular formula is C18H25N3O3. The zero-order chi connectivity index (χ0) is 17.7. The number of alkyl carbamates (subject to hydrolysis) is 1. The van der Waals surface area contributed by atoms with E-state index in [4.69, 9.17) is 10.5 Å². The van der Waals surface area contributed by atoms with Crippen LogP contribution in [-0.4, -0.2) is 28.7 Å². The van der Waals surface area contributed by atoms with Crippen LogP contribution in [0.5, 0.6) is 0 Å². The van der Waals surface area contributed by atoms with E-state index >= 15 is 0 Å². The summed E-state index contributed by atoms with van der Waals surface area (Å²) in [5.41, 5.74) is 6.81. The molecule has 0 spiro atoms.